The van der Waals surface area contributed by atoms with Crippen molar-refractivity contribution in [3.05, 3.63) is 59.2 Å². The molecule has 2 aromatic carbocycles. The van der Waals surface area contributed by atoms with Crippen molar-refractivity contribution in [1.82, 2.24) is 0 Å². The fraction of sp³-hybridized carbons (Fsp3) is 0.222. The zero-order chi connectivity index (χ0) is 14.5. The Kier molecular flexibility index (Phi) is 4.09. The predicted molar refractivity (Wildman–Crippen MR) is 83.6 cm³/mol. The van der Waals surface area contributed by atoms with Gasteiger partial charge in [-0.2, -0.15) is 0 Å². The standard InChI is InChI=1S/C18H17NO2/c20-12-13-21-16-8-5-14(6-9-16)4-7-15-2-1-3-18-17(15)10-11-19-18/h1-3,5-6,8-9,19-20H,10-13H2. The number of anilines is 1. The van der Waals surface area contributed by atoms with Crippen LogP contribution < -0.4 is 10.1 Å². The lowest BCUT2D eigenvalue weighted by Gasteiger charge is -2.03. The maximum atomic E-state index is 8.72. The van der Waals surface area contributed by atoms with Gasteiger partial charge in [0.05, 0.1) is 6.61 Å². The van der Waals surface area contributed by atoms with Gasteiger partial charge in [-0.3, -0.25) is 0 Å². The zero-order valence-electron chi connectivity index (χ0n) is 11.7. The summed E-state index contributed by atoms with van der Waals surface area (Å²) in [5, 5.41) is 12.1. The Morgan fingerprint density at radius 2 is 1.95 bits per heavy atom. The van der Waals surface area contributed by atoms with E-state index in [-0.39, 0.29) is 6.61 Å². The second kappa shape index (κ2) is 6.34. The number of hydrogen-bond acceptors (Lipinski definition) is 3. The van der Waals surface area contributed by atoms with Crippen LogP contribution in [0.25, 0.3) is 0 Å². The summed E-state index contributed by atoms with van der Waals surface area (Å²) in [6.07, 6.45) is 1.04. The Hall–Kier alpha value is -2.44. The van der Waals surface area contributed by atoms with Gasteiger partial charge in [0.15, 0.2) is 0 Å². The van der Waals surface area contributed by atoms with Gasteiger partial charge in [0.2, 0.25) is 0 Å². The molecule has 21 heavy (non-hydrogen) atoms. The van der Waals surface area contributed by atoms with Crippen molar-refractivity contribution in [2.45, 2.75) is 6.42 Å². The van der Waals surface area contributed by atoms with E-state index < -0.39 is 0 Å². The molecule has 0 aromatic heterocycles. The highest BCUT2D eigenvalue weighted by molar-refractivity contribution is 5.63. The highest BCUT2D eigenvalue weighted by Crippen LogP contribution is 2.24. The number of hydrogen-bond donors (Lipinski definition) is 2. The topological polar surface area (TPSA) is 41.5 Å². The number of aliphatic hydroxyl groups is 1. The largest absolute Gasteiger partial charge is 0.491 e. The van der Waals surface area contributed by atoms with Crippen LogP contribution in [-0.2, 0) is 6.42 Å². The molecule has 0 amide bonds. The predicted octanol–water partition coefficient (Wildman–Crippen LogP) is 2.43. The third-order valence-electron chi connectivity index (χ3n) is 3.42. The number of nitrogens with one attached hydrogen (secondary N) is 1. The fourth-order valence-electron chi connectivity index (χ4n) is 2.40. The van der Waals surface area contributed by atoms with Crippen LogP contribution in [0, 0.1) is 11.8 Å². The van der Waals surface area contributed by atoms with E-state index in [1.165, 1.54) is 11.3 Å². The molecule has 1 heterocycles. The molecule has 0 aliphatic carbocycles. The molecule has 0 radical (unpaired) electrons. The summed E-state index contributed by atoms with van der Waals surface area (Å²) < 4.78 is 5.33. The van der Waals surface area contributed by atoms with Gasteiger partial charge < -0.3 is 15.2 Å². The van der Waals surface area contributed by atoms with Crippen molar-refractivity contribution >= 4 is 5.69 Å². The Morgan fingerprint density at radius 3 is 2.76 bits per heavy atom. The van der Waals surface area contributed by atoms with Crippen LogP contribution in [0.4, 0.5) is 5.69 Å². The molecule has 0 saturated carbocycles. The lowest BCUT2D eigenvalue weighted by atomic mass is 10.0. The average Bonchev–Trinajstić information content (AvgIpc) is 3.01. The van der Waals surface area contributed by atoms with E-state index in [0.717, 1.165) is 29.8 Å². The van der Waals surface area contributed by atoms with Gasteiger partial charge >= 0.3 is 0 Å². The third-order valence-corrected chi connectivity index (χ3v) is 3.42. The quantitative estimate of drug-likeness (QED) is 0.848. The molecule has 0 saturated heterocycles. The molecule has 2 aromatic rings. The molecule has 1 aliphatic rings. The van der Waals surface area contributed by atoms with E-state index in [2.05, 4.69) is 29.3 Å². The fourth-order valence-corrected chi connectivity index (χ4v) is 2.40. The van der Waals surface area contributed by atoms with Crippen LogP contribution in [0.2, 0.25) is 0 Å². The number of rotatable bonds is 3. The first-order chi connectivity index (χ1) is 10.4. The van der Waals surface area contributed by atoms with Crippen molar-refractivity contribution < 1.29 is 9.84 Å². The third kappa shape index (κ3) is 3.18. The molecule has 3 heteroatoms. The van der Waals surface area contributed by atoms with Crippen molar-refractivity contribution in [2.75, 3.05) is 25.1 Å². The lowest BCUT2D eigenvalue weighted by Crippen LogP contribution is -2.01. The average molecular weight is 279 g/mol. The first kappa shape index (κ1) is 13.5. The van der Waals surface area contributed by atoms with E-state index >= 15 is 0 Å². The highest BCUT2D eigenvalue weighted by atomic mass is 16.5. The summed E-state index contributed by atoms with van der Waals surface area (Å²) in [6, 6.07) is 13.8. The van der Waals surface area contributed by atoms with E-state index in [4.69, 9.17) is 9.84 Å². The molecule has 106 valence electrons. The van der Waals surface area contributed by atoms with E-state index in [1.807, 2.05) is 30.3 Å². The van der Waals surface area contributed by atoms with Crippen molar-refractivity contribution in [3.63, 3.8) is 0 Å². The lowest BCUT2D eigenvalue weighted by molar-refractivity contribution is 0.201. The summed E-state index contributed by atoms with van der Waals surface area (Å²) in [4.78, 5) is 0. The van der Waals surface area contributed by atoms with Crippen molar-refractivity contribution in [2.24, 2.45) is 0 Å². The van der Waals surface area contributed by atoms with Crippen LogP contribution in [0.1, 0.15) is 16.7 Å². The summed E-state index contributed by atoms with van der Waals surface area (Å²) in [7, 11) is 0. The highest BCUT2D eigenvalue weighted by Gasteiger charge is 2.11. The van der Waals surface area contributed by atoms with Crippen molar-refractivity contribution in [1.29, 1.82) is 0 Å². The van der Waals surface area contributed by atoms with Crippen LogP contribution in [-0.4, -0.2) is 24.9 Å². The summed E-state index contributed by atoms with van der Waals surface area (Å²) in [6.45, 7) is 1.33. The van der Waals surface area contributed by atoms with Gasteiger partial charge in [-0.1, -0.05) is 17.9 Å². The Labute approximate surface area is 124 Å². The molecule has 0 atom stereocenters. The van der Waals surface area contributed by atoms with Gasteiger partial charge in [-0.15, -0.1) is 0 Å². The number of fused-ring (bicyclic) bond motifs is 1. The van der Waals surface area contributed by atoms with Gasteiger partial charge in [0.1, 0.15) is 12.4 Å². The second-order valence-corrected chi connectivity index (χ2v) is 4.85. The number of benzene rings is 2. The van der Waals surface area contributed by atoms with Crippen LogP contribution in [0.5, 0.6) is 5.75 Å². The molecule has 0 spiro atoms. The first-order valence-electron chi connectivity index (χ1n) is 7.08. The van der Waals surface area contributed by atoms with Crippen LogP contribution >= 0.6 is 0 Å². The summed E-state index contributed by atoms with van der Waals surface area (Å²) in [5.41, 5.74) is 4.57. The summed E-state index contributed by atoms with van der Waals surface area (Å²) in [5.74, 6) is 7.19. The molecule has 0 unspecified atom stereocenters. The SMILES string of the molecule is OCCOc1ccc(C#Cc2cccc3c2CCN3)cc1. The maximum Gasteiger partial charge on any atom is 0.119 e. The Bertz CT molecular complexity index is 681. The maximum absolute atomic E-state index is 8.72. The molecule has 2 N–H and O–H groups in total. The molecule has 1 aliphatic heterocycles. The Balaban J connectivity index is 1.77. The van der Waals surface area contributed by atoms with Gasteiger partial charge in [0.25, 0.3) is 0 Å². The smallest absolute Gasteiger partial charge is 0.119 e. The molecule has 3 rings (SSSR count). The minimum absolute atomic E-state index is 0.0225. The van der Waals surface area contributed by atoms with Gasteiger partial charge in [-0.25, -0.2) is 0 Å². The summed E-state index contributed by atoms with van der Waals surface area (Å²) >= 11 is 0. The first-order valence-corrected chi connectivity index (χ1v) is 7.08. The van der Waals surface area contributed by atoms with E-state index in [0.29, 0.717) is 6.61 Å². The van der Waals surface area contributed by atoms with Crippen molar-refractivity contribution in [3.8, 4) is 17.6 Å². The van der Waals surface area contributed by atoms with Gasteiger partial charge in [-0.05, 0) is 48.4 Å². The molecular weight excluding hydrogens is 262 g/mol. The minimum Gasteiger partial charge on any atom is -0.491 e. The van der Waals surface area contributed by atoms with Crippen LogP contribution in [0.15, 0.2) is 42.5 Å². The number of aliphatic hydroxyl groups excluding tert-OH is 1. The monoisotopic (exact) mass is 279 g/mol. The zero-order valence-corrected chi connectivity index (χ0v) is 11.7. The van der Waals surface area contributed by atoms with E-state index in [9.17, 15) is 0 Å². The Morgan fingerprint density at radius 1 is 1.10 bits per heavy atom. The molecular formula is C18H17NO2. The minimum atomic E-state index is 0.0225. The van der Waals surface area contributed by atoms with Crippen LogP contribution in [0.3, 0.4) is 0 Å². The van der Waals surface area contributed by atoms with Gasteiger partial charge in [0, 0.05) is 23.4 Å². The number of ether oxygens (including phenoxy) is 1. The van der Waals surface area contributed by atoms with E-state index in [1.54, 1.807) is 0 Å². The molecule has 0 bridgehead atoms. The normalized spacial score (nSPS) is 12.0. The second-order valence-electron chi connectivity index (χ2n) is 4.85. The molecule has 0 fully saturated rings. The molecule has 3 nitrogen and oxygen atoms in total.